The van der Waals surface area contributed by atoms with Gasteiger partial charge in [-0.25, -0.2) is 4.39 Å². The molecule has 3 rings (SSSR count). The highest BCUT2D eigenvalue weighted by atomic mass is 19.1. The Kier molecular flexibility index (Phi) is 4.38. The van der Waals surface area contributed by atoms with Crippen molar-refractivity contribution in [3.63, 3.8) is 0 Å². The van der Waals surface area contributed by atoms with E-state index >= 15 is 0 Å². The maximum absolute atomic E-state index is 13.2. The molecule has 0 bridgehead atoms. The van der Waals surface area contributed by atoms with Crippen LogP contribution in [-0.4, -0.2) is 17.4 Å². The summed E-state index contributed by atoms with van der Waals surface area (Å²) in [7, 11) is 0. The molecule has 0 aliphatic carbocycles. The Bertz CT molecular complexity index is 867. The lowest BCUT2D eigenvalue weighted by molar-refractivity contribution is -0.120. The fourth-order valence-electron chi connectivity index (χ4n) is 2.94. The first-order valence-electron chi connectivity index (χ1n) is 8.03. The molecule has 0 saturated heterocycles. The van der Waals surface area contributed by atoms with E-state index in [0.717, 1.165) is 5.52 Å². The Morgan fingerprint density at radius 1 is 1.17 bits per heavy atom. The number of hydrogen-bond acceptors (Lipinski definition) is 1. The molecule has 0 atom stereocenters. The summed E-state index contributed by atoms with van der Waals surface area (Å²) >= 11 is 0. The third kappa shape index (κ3) is 3.48. The molecule has 4 heteroatoms. The summed E-state index contributed by atoms with van der Waals surface area (Å²) < 4.78 is 13.2. The van der Waals surface area contributed by atoms with Crippen LogP contribution in [0.25, 0.3) is 10.9 Å². The Balaban J connectivity index is 1.67. The van der Waals surface area contributed by atoms with Crippen molar-refractivity contribution in [1.82, 2.24) is 10.3 Å². The number of nitrogens with one attached hydrogen (secondary N) is 2. The summed E-state index contributed by atoms with van der Waals surface area (Å²) in [5.41, 5.74) is 2.73. The third-order valence-corrected chi connectivity index (χ3v) is 4.30. The zero-order valence-electron chi connectivity index (χ0n) is 13.9. The van der Waals surface area contributed by atoms with Gasteiger partial charge in [-0.05, 0) is 29.3 Å². The van der Waals surface area contributed by atoms with Gasteiger partial charge in [0.25, 0.3) is 0 Å². The molecule has 124 valence electrons. The molecular formula is C20H21FN2O. The van der Waals surface area contributed by atoms with Gasteiger partial charge in [-0.1, -0.05) is 44.2 Å². The van der Waals surface area contributed by atoms with Crippen molar-refractivity contribution in [1.29, 1.82) is 0 Å². The van der Waals surface area contributed by atoms with E-state index in [2.05, 4.69) is 30.2 Å². The summed E-state index contributed by atoms with van der Waals surface area (Å²) in [6.45, 7) is 4.72. The predicted molar refractivity (Wildman–Crippen MR) is 94.4 cm³/mol. The molecule has 2 N–H and O–H groups in total. The van der Waals surface area contributed by atoms with Crippen LogP contribution in [0.1, 0.15) is 25.0 Å². The molecule has 0 aliphatic rings. The number of fused-ring (bicyclic) bond motifs is 1. The second-order valence-corrected chi connectivity index (χ2v) is 6.72. The van der Waals surface area contributed by atoms with Crippen molar-refractivity contribution in [2.24, 2.45) is 0 Å². The van der Waals surface area contributed by atoms with Crippen LogP contribution < -0.4 is 5.32 Å². The van der Waals surface area contributed by atoms with Gasteiger partial charge < -0.3 is 10.3 Å². The second-order valence-electron chi connectivity index (χ2n) is 6.72. The lowest BCUT2D eigenvalue weighted by atomic mass is 9.84. The van der Waals surface area contributed by atoms with Crippen LogP contribution in [0.3, 0.4) is 0 Å². The van der Waals surface area contributed by atoms with Crippen molar-refractivity contribution < 1.29 is 9.18 Å². The van der Waals surface area contributed by atoms with E-state index in [1.54, 1.807) is 12.1 Å². The van der Waals surface area contributed by atoms with Crippen LogP contribution in [0.15, 0.2) is 54.7 Å². The minimum absolute atomic E-state index is 0.103. The average Bonchev–Trinajstić information content (AvgIpc) is 2.98. The van der Waals surface area contributed by atoms with Gasteiger partial charge in [0.1, 0.15) is 5.82 Å². The van der Waals surface area contributed by atoms with E-state index in [1.807, 2.05) is 24.4 Å². The number of hydrogen-bond donors (Lipinski definition) is 2. The number of carbonyl (C=O) groups is 1. The van der Waals surface area contributed by atoms with Crippen LogP contribution in [0.5, 0.6) is 0 Å². The molecule has 24 heavy (non-hydrogen) atoms. The van der Waals surface area contributed by atoms with E-state index < -0.39 is 0 Å². The van der Waals surface area contributed by atoms with Gasteiger partial charge in [0.2, 0.25) is 5.91 Å². The summed E-state index contributed by atoms with van der Waals surface area (Å²) in [5, 5.41) is 4.14. The summed E-state index contributed by atoms with van der Waals surface area (Å²) in [6, 6.07) is 14.3. The molecule has 0 radical (unpaired) electrons. The minimum Gasteiger partial charge on any atom is -0.361 e. The van der Waals surface area contributed by atoms with Crippen LogP contribution in [-0.2, 0) is 16.6 Å². The average molecular weight is 324 g/mol. The van der Waals surface area contributed by atoms with Crippen molar-refractivity contribution in [2.75, 3.05) is 6.54 Å². The van der Waals surface area contributed by atoms with Crippen molar-refractivity contribution in [3.05, 3.63) is 71.7 Å². The summed E-state index contributed by atoms with van der Waals surface area (Å²) in [5.74, 6) is -0.423. The zero-order valence-corrected chi connectivity index (χ0v) is 13.9. The summed E-state index contributed by atoms with van der Waals surface area (Å²) in [4.78, 5) is 15.4. The molecule has 1 aromatic heterocycles. The Hall–Kier alpha value is -2.62. The number of carbonyl (C=O) groups excluding carboxylic acids is 1. The van der Waals surface area contributed by atoms with E-state index in [-0.39, 0.29) is 23.6 Å². The molecule has 0 fully saturated rings. The first-order valence-corrected chi connectivity index (χ1v) is 8.03. The molecule has 0 saturated carbocycles. The molecule has 3 nitrogen and oxygen atoms in total. The first kappa shape index (κ1) is 16.2. The van der Waals surface area contributed by atoms with Crippen LogP contribution in [0.4, 0.5) is 4.39 Å². The van der Waals surface area contributed by atoms with E-state index in [4.69, 9.17) is 0 Å². The first-order chi connectivity index (χ1) is 11.5. The lowest BCUT2D eigenvalue weighted by Crippen LogP contribution is -2.37. The normalized spacial score (nSPS) is 11.6. The van der Waals surface area contributed by atoms with Gasteiger partial charge in [0.15, 0.2) is 0 Å². The number of halogens is 1. The quantitative estimate of drug-likeness (QED) is 0.733. The molecule has 0 unspecified atom stereocenters. The largest absolute Gasteiger partial charge is 0.361 e. The Morgan fingerprint density at radius 3 is 2.75 bits per heavy atom. The van der Waals surface area contributed by atoms with Gasteiger partial charge in [-0.15, -0.1) is 0 Å². The smallest absolute Gasteiger partial charge is 0.224 e. The monoisotopic (exact) mass is 324 g/mol. The second kappa shape index (κ2) is 6.48. The number of aromatic amines is 1. The highest BCUT2D eigenvalue weighted by Crippen LogP contribution is 2.29. The van der Waals surface area contributed by atoms with E-state index in [9.17, 15) is 9.18 Å². The van der Waals surface area contributed by atoms with E-state index in [0.29, 0.717) is 12.1 Å². The Morgan fingerprint density at radius 2 is 1.96 bits per heavy atom. The molecule has 1 amide bonds. The fourth-order valence-corrected chi connectivity index (χ4v) is 2.94. The molecule has 2 aromatic carbocycles. The highest BCUT2D eigenvalue weighted by Gasteiger charge is 2.24. The van der Waals surface area contributed by atoms with Crippen molar-refractivity contribution in [2.45, 2.75) is 25.7 Å². The molecule has 0 aliphatic heterocycles. The van der Waals surface area contributed by atoms with Gasteiger partial charge in [-0.2, -0.15) is 0 Å². The molecule has 1 heterocycles. The minimum atomic E-state index is -0.320. The lowest BCUT2D eigenvalue weighted by Gasteiger charge is -2.25. The SMILES string of the molecule is CC(C)(CNC(=O)Cc1cccc(F)c1)c1c[nH]c2ccccc12. The van der Waals surface area contributed by atoms with Gasteiger partial charge in [0, 0.05) is 29.1 Å². The highest BCUT2D eigenvalue weighted by molar-refractivity contribution is 5.84. The van der Waals surface area contributed by atoms with Crippen LogP contribution in [0.2, 0.25) is 0 Å². The van der Waals surface area contributed by atoms with Crippen LogP contribution >= 0.6 is 0 Å². The standard InChI is InChI=1S/C20H21FN2O/c1-20(2,17-12-22-18-9-4-3-8-16(17)18)13-23-19(24)11-14-6-5-7-15(21)10-14/h3-10,12,22H,11,13H2,1-2H3,(H,23,24). The summed E-state index contributed by atoms with van der Waals surface area (Å²) in [6.07, 6.45) is 2.19. The number of rotatable bonds is 5. The Labute approximate surface area is 140 Å². The maximum atomic E-state index is 13.2. The fraction of sp³-hybridized carbons (Fsp3) is 0.250. The number of H-pyrrole nitrogens is 1. The van der Waals surface area contributed by atoms with Crippen LogP contribution in [0, 0.1) is 5.82 Å². The number of aromatic nitrogens is 1. The predicted octanol–water partition coefficient (Wildman–Crippen LogP) is 3.94. The van der Waals surface area contributed by atoms with E-state index in [1.165, 1.54) is 23.1 Å². The number of benzene rings is 2. The maximum Gasteiger partial charge on any atom is 0.224 e. The van der Waals surface area contributed by atoms with Gasteiger partial charge in [0.05, 0.1) is 6.42 Å². The third-order valence-electron chi connectivity index (χ3n) is 4.30. The van der Waals surface area contributed by atoms with Gasteiger partial charge in [-0.3, -0.25) is 4.79 Å². The topological polar surface area (TPSA) is 44.9 Å². The van der Waals surface area contributed by atoms with Crippen molar-refractivity contribution in [3.8, 4) is 0 Å². The van der Waals surface area contributed by atoms with Gasteiger partial charge >= 0.3 is 0 Å². The number of amides is 1. The molecule has 3 aromatic rings. The number of para-hydroxylation sites is 1. The molecular weight excluding hydrogens is 303 g/mol. The van der Waals surface area contributed by atoms with Crippen molar-refractivity contribution >= 4 is 16.8 Å². The zero-order chi connectivity index (χ0) is 17.2. The molecule has 0 spiro atoms.